The van der Waals surface area contributed by atoms with Crippen LogP contribution in [0.5, 0.6) is 0 Å². The molecule has 11 nitrogen and oxygen atoms in total. The highest BCUT2D eigenvalue weighted by Crippen LogP contribution is 2.63. The maximum atomic E-state index is 14.7. The van der Waals surface area contributed by atoms with E-state index in [4.69, 9.17) is 14.6 Å². The first-order valence-electron chi connectivity index (χ1n) is 13.9. The lowest BCUT2D eigenvalue weighted by molar-refractivity contribution is -0.192. The van der Waals surface area contributed by atoms with Crippen LogP contribution in [0.4, 0.5) is 17.6 Å². The van der Waals surface area contributed by atoms with Gasteiger partial charge in [0.15, 0.2) is 0 Å². The molecule has 2 unspecified atom stereocenters. The number of halogens is 4. The maximum absolute atomic E-state index is 14.7. The van der Waals surface area contributed by atoms with E-state index in [1.807, 2.05) is 32.2 Å². The minimum absolute atomic E-state index is 0.0132. The number of ether oxygens (including phenoxy) is 1. The van der Waals surface area contributed by atoms with Crippen LogP contribution in [0.3, 0.4) is 0 Å². The quantitative estimate of drug-likeness (QED) is 0.258. The molecule has 3 fully saturated rings. The van der Waals surface area contributed by atoms with E-state index in [-0.39, 0.29) is 47.5 Å². The molecule has 15 heteroatoms. The molecule has 1 saturated carbocycles. The van der Waals surface area contributed by atoms with Crippen molar-refractivity contribution in [2.75, 3.05) is 19.7 Å². The Hall–Kier alpha value is -4.37. The lowest BCUT2D eigenvalue weighted by Gasteiger charge is -2.24. The van der Waals surface area contributed by atoms with Gasteiger partial charge < -0.3 is 19.7 Å². The number of alkyl halides is 3. The van der Waals surface area contributed by atoms with Crippen LogP contribution in [0.1, 0.15) is 19.4 Å². The third kappa shape index (κ3) is 5.19. The van der Waals surface area contributed by atoms with Crippen LogP contribution in [0, 0.1) is 23.1 Å². The Kier molecular flexibility index (Phi) is 7.19. The number of imide groups is 1. The standard InChI is InChI=1S/C27H27FN6O3.C2HF3O2/c1-27(2)21-22(27)26(36)33(25(21)35)11-15-7-20-23(30-14-31-34(20)12-15)19-9-17(28)8-16-3-5-32(24(16)19)13-18-10-29-4-6-37-18;3-2(4,5)1(6)7/h3,5,7-9,12,14,18,21-22,29H,4,6,10-11,13H2,1-2H3;(H,6,7)/t18-,21?,22?;/m0./s1. The molecule has 3 aromatic heterocycles. The predicted octanol–water partition coefficient (Wildman–Crippen LogP) is 3.25. The monoisotopic (exact) mass is 616 g/mol. The molecule has 232 valence electrons. The van der Waals surface area contributed by atoms with Crippen molar-refractivity contribution in [3.63, 3.8) is 0 Å². The van der Waals surface area contributed by atoms with Crippen molar-refractivity contribution in [3.8, 4) is 11.3 Å². The fraction of sp³-hybridized carbons (Fsp3) is 0.414. The number of nitrogens with one attached hydrogen (secondary N) is 1. The number of morpholine rings is 1. The SMILES string of the molecule is CC1(C)C2C(=O)N(Cc3cc4c(-c5cc(F)cc6ccn(C[C@@H]7CNCCO7)c56)ncnn4c3)C(=O)C21.O=C(O)C(F)(F)F. The molecule has 3 atom stereocenters. The maximum Gasteiger partial charge on any atom is 0.490 e. The van der Waals surface area contributed by atoms with Crippen LogP contribution >= 0.6 is 0 Å². The minimum atomic E-state index is -5.08. The average Bonchev–Trinajstić information content (AvgIpc) is 3.30. The number of hydrogen-bond acceptors (Lipinski definition) is 7. The number of fused-ring (bicyclic) bond motifs is 3. The van der Waals surface area contributed by atoms with Gasteiger partial charge in [0.25, 0.3) is 0 Å². The molecule has 0 spiro atoms. The number of carboxylic acid groups (broad SMARTS) is 1. The molecule has 0 radical (unpaired) electrons. The van der Waals surface area contributed by atoms with Crippen molar-refractivity contribution in [2.24, 2.45) is 17.3 Å². The zero-order chi connectivity index (χ0) is 31.6. The molecule has 2 saturated heterocycles. The van der Waals surface area contributed by atoms with Gasteiger partial charge in [0.05, 0.1) is 48.7 Å². The third-order valence-corrected chi connectivity index (χ3v) is 8.42. The van der Waals surface area contributed by atoms with Gasteiger partial charge in [-0.1, -0.05) is 13.8 Å². The molecule has 44 heavy (non-hydrogen) atoms. The van der Waals surface area contributed by atoms with E-state index in [2.05, 4.69) is 20.0 Å². The molecule has 0 bridgehead atoms. The molecular formula is C29H28F4N6O5. The number of benzene rings is 1. The van der Waals surface area contributed by atoms with Gasteiger partial charge in [-0.2, -0.15) is 18.3 Å². The number of rotatable bonds is 5. The van der Waals surface area contributed by atoms with Crippen molar-refractivity contribution < 1.29 is 41.8 Å². The summed E-state index contributed by atoms with van der Waals surface area (Å²) in [6.07, 6.45) is 0.117. The number of carboxylic acids is 1. The lowest BCUT2D eigenvalue weighted by atomic mass is 10.1. The second-order valence-corrected chi connectivity index (χ2v) is 11.7. The summed E-state index contributed by atoms with van der Waals surface area (Å²) < 4.78 is 56.1. The number of hydrogen-bond donors (Lipinski definition) is 2. The third-order valence-electron chi connectivity index (χ3n) is 8.42. The second-order valence-electron chi connectivity index (χ2n) is 11.7. The topological polar surface area (TPSA) is 131 Å². The summed E-state index contributed by atoms with van der Waals surface area (Å²) in [5.74, 6) is -3.76. The van der Waals surface area contributed by atoms with Crippen LogP contribution in [-0.2, 0) is 32.2 Å². The van der Waals surface area contributed by atoms with Crippen LogP contribution in [-0.4, -0.2) is 78.9 Å². The lowest BCUT2D eigenvalue weighted by Crippen LogP contribution is -2.40. The van der Waals surface area contributed by atoms with Gasteiger partial charge in [0.2, 0.25) is 11.8 Å². The average molecular weight is 617 g/mol. The molecule has 2 amide bonds. The van der Waals surface area contributed by atoms with Crippen molar-refractivity contribution in [3.05, 3.63) is 54.4 Å². The molecule has 3 aliphatic rings. The number of nitrogens with zero attached hydrogens (tertiary/aromatic N) is 5. The molecule has 1 aromatic carbocycles. The molecule has 1 aliphatic carbocycles. The van der Waals surface area contributed by atoms with Crippen molar-refractivity contribution in [1.29, 1.82) is 0 Å². The molecule has 2 N–H and O–H groups in total. The van der Waals surface area contributed by atoms with Crippen LogP contribution in [0.15, 0.2) is 43.0 Å². The van der Waals surface area contributed by atoms with Gasteiger partial charge in [-0.15, -0.1) is 0 Å². The predicted molar refractivity (Wildman–Crippen MR) is 146 cm³/mol. The molecule has 2 aliphatic heterocycles. The van der Waals surface area contributed by atoms with E-state index in [0.717, 1.165) is 29.6 Å². The number of aromatic nitrogens is 4. The first-order chi connectivity index (χ1) is 20.8. The van der Waals surface area contributed by atoms with Crippen molar-refractivity contribution in [1.82, 2.24) is 29.4 Å². The van der Waals surface area contributed by atoms with Crippen molar-refractivity contribution in [2.45, 2.75) is 39.2 Å². The van der Waals surface area contributed by atoms with Gasteiger partial charge >= 0.3 is 12.1 Å². The summed E-state index contributed by atoms with van der Waals surface area (Å²) >= 11 is 0. The van der Waals surface area contributed by atoms with Gasteiger partial charge in [-0.25, -0.2) is 18.7 Å². The van der Waals surface area contributed by atoms with Crippen LogP contribution in [0.25, 0.3) is 27.7 Å². The molecular weight excluding hydrogens is 588 g/mol. The van der Waals surface area contributed by atoms with E-state index < -0.39 is 12.1 Å². The van der Waals surface area contributed by atoms with Crippen LogP contribution in [0.2, 0.25) is 0 Å². The Morgan fingerprint density at radius 3 is 2.52 bits per heavy atom. The number of carbonyl (C=O) groups excluding carboxylic acids is 2. The van der Waals surface area contributed by atoms with Gasteiger partial charge in [-0.05, 0) is 35.2 Å². The summed E-state index contributed by atoms with van der Waals surface area (Å²) in [5.41, 5.74) is 3.30. The van der Waals surface area contributed by atoms with E-state index in [0.29, 0.717) is 29.9 Å². The first-order valence-corrected chi connectivity index (χ1v) is 13.9. The van der Waals surface area contributed by atoms with Gasteiger partial charge in [0.1, 0.15) is 17.8 Å². The summed E-state index contributed by atoms with van der Waals surface area (Å²) in [6, 6.07) is 6.80. The second kappa shape index (κ2) is 10.7. The Labute approximate surface area is 247 Å². The van der Waals surface area contributed by atoms with Gasteiger partial charge in [0, 0.05) is 36.4 Å². The zero-order valence-corrected chi connectivity index (χ0v) is 23.6. The summed E-state index contributed by atoms with van der Waals surface area (Å²) in [7, 11) is 0. The Morgan fingerprint density at radius 2 is 1.89 bits per heavy atom. The Morgan fingerprint density at radius 1 is 1.18 bits per heavy atom. The van der Waals surface area contributed by atoms with Gasteiger partial charge in [-0.3, -0.25) is 14.5 Å². The number of amides is 2. The highest BCUT2D eigenvalue weighted by atomic mass is 19.4. The molecule has 4 aromatic rings. The Bertz CT molecular complexity index is 1770. The highest BCUT2D eigenvalue weighted by molar-refractivity contribution is 6.10. The normalized spacial score (nSPS) is 22.7. The minimum Gasteiger partial charge on any atom is -0.475 e. The van der Waals surface area contributed by atoms with E-state index >= 15 is 0 Å². The first kappa shape index (κ1) is 29.7. The summed E-state index contributed by atoms with van der Waals surface area (Å²) in [5, 5.41) is 15.6. The molecule has 5 heterocycles. The van der Waals surface area contributed by atoms with Crippen LogP contribution < -0.4 is 5.32 Å². The Balaban J connectivity index is 0.000000441. The smallest absolute Gasteiger partial charge is 0.475 e. The molecule has 7 rings (SSSR count). The fourth-order valence-electron chi connectivity index (χ4n) is 6.22. The van der Waals surface area contributed by atoms with Crippen molar-refractivity contribution >= 4 is 34.2 Å². The largest absolute Gasteiger partial charge is 0.490 e. The summed E-state index contributed by atoms with van der Waals surface area (Å²) in [6.45, 7) is 7.00. The highest BCUT2D eigenvalue weighted by Gasteiger charge is 2.72. The van der Waals surface area contributed by atoms with E-state index in [1.165, 1.54) is 23.4 Å². The number of piperidine rings is 1. The summed E-state index contributed by atoms with van der Waals surface area (Å²) in [4.78, 5) is 40.5. The fourth-order valence-corrected chi connectivity index (χ4v) is 6.22. The zero-order valence-electron chi connectivity index (χ0n) is 23.6. The number of likely N-dealkylation sites (tertiary alicyclic amines) is 1. The number of carbonyl (C=O) groups is 3. The number of aliphatic carboxylic acids is 1. The van der Waals surface area contributed by atoms with E-state index in [9.17, 15) is 27.2 Å². The van der Waals surface area contributed by atoms with E-state index in [1.54, 1.807) is 10.7 Å².